The maximum absolute atomic E-state index is 10.7. The number of thiophene rings is 1. The smallest absolute Gasteiger partial charge is 0.317 e. The Bertz CT molecular complexity index is 321. The van der Waals surface area contributed by atoms with Crippen molar-refractivity contribution in [2.45, 2.75) is 13.0 Å². The first-order chi connectivity index (χ1) is 7.15. The zero-order chi connectivity index (χ0) is 11.3. The lowest BCUT2D eigenvalue weighted by Gasteiger charge is -2.25. The summed E-state index contributed by atoms with van der Waals surface area (Å²) in [6, 6.07) is 2.14. The monoisotopic (exact) mass is 225 g/mol. The van der Waals surface area contributed by atoms with Gasteiger partial charge in [-0.15, -0.1) is 6.58 Å². The van der Waals surface area contributed by atoms with Gasteiger partial charge in [-0.2, -0.15) is 11.3 Å². The SMILES string of the molecule is C=CCN(CC(=O)O)C(C)c1ccsc1. The van der Waals surface area contributed by atoms with Crippen LogP contribution in [0.2, 0.25) is 0 Å². The van der Waals surface area contributed by atoms with Crippen molar-refractivity contribution in [3.63, 3.8) is 0 Å². The topological polar surface area (TPSA) is 40.5 Å². The van der Waals surface area contributed by atoms with Gasteiger partial charge in [0.05, 0.1) is 6.54 Å². The highest BCUT2D eigenvalue weighted by Crippen LogP contribution is 2.21. The van der Waals surface area contributed by atoms with Crippen LogP contribution in [0.3, 0.4) is 0 Å². The van der Waals surface area contributed by atoms with Gasteiger partial charge >= 0.3 is 5.97 Å². The first-order valence-electron chi connectivity index (χ1n) is 4.74. The fourth-order valence-electron chi connectivity index (χ4n) is 1.42. The van der Waals surface area contributed by atoms with E-state index in [0.29, 0.717) is 6.54 Å². The second-order valence-electron chi connectivity index (χ2n) is 3.34. The molecule has 1 aromatic heterocycles. The third-order valence-electron chi connectivity index (χ3n) is 2.28. The molecule has 0 aliphatic rings. The molecule has 4 heteroatoms. The molecule has 15 heavy (non-hydrogen) atoms. The van der Waals surface area contributed by atoms with Crippen LogP contribution in [0.5, 0.6) is 0 Å². The predicted molar refractivity (Wildman–Crippen MR) is 62.1 cm³/mol. The minimum absolute atomic E-state index is 0.0447. The quantitative estimate of drug-likeness (QED) is 0.756. The van der Waals surface area contributed by atoms with Gasteiger partial charge in [0, 0.05) is 12.6 Å². The van der Waals surface area contributed by atoms with Crippen molar-refractivity contribution in [2.24, 2.45) is 0 Å². The Morgan fingerprint density at radius 2 is 2.53 bits per heavy atom. The molecule has 0 bridgehead atoms. The lowest BCUT2D eigenvalue weighted by atomic mass is 10.1. The molecule has 0 radical (unpaired) electrons. The van der Waals surface area contributed by atoms with E-state index in [1.807, 2.05) is 28.7 Å². The first kappa shape index (κ1) is 11.9. The second kappa shape index (κ2) is 5.68. The van der Waals surface area contributed by atoms with Crippen LogP contribution < -0.4 is 0 Å². The number of carbonyl (C=O) groups is 1. The van der Waals surface area contributed by atoms with Gasteiger partial charge < -0.3 is 5.11 Å². The van der Waals surface area contributed by atoms with Gasteiger partial charge in [-0.1, -0.05) is 6.08 Å². The molecule has 0 saturated heterocycles. The summed E-state index contributed by atoms with van der Waals surface area (Å²) in [7, 11) is 0. The van der Waals surface area contributed by atoms with Gasteiger partial charge in [0.25, 0.3) is 0 Å². The van der Waals surface area contributed by atoms with Gasteiger partial charge in [0.1, 0.15) is 0 Å². The summed E-state index contributed by atoms with van der Waals surface area (Å²) in [5, 5.41) is 12.8. The molecule has 0 spiro atoms. The Morgan fingerprint density at radius 3 is 3.00 bits per heavy atom. The van der Waals surface area contributed by atoms with Gasteiger partial charge in [0.15, 0.2) is 0 Å². The van der Waals surface area contributed by atoms with Crippen LogP contribution in [0.25, 0.3) is 0 Å². The molecule has 1 N–H and O–H groups in total. The van der Waals surface area contributed by atoms with E-state index in [1.165, 1.54) is 0 Å². The average Bonchev–Trinajstić information content (AvgIpc) is 2.68. The number of hydrogen-bond acceptors (Lipinski definition) is 3. The Kier molecular flexibility index (Phi) is 4.52. The van der Waals surface area contributed by atoms with Crippen molar-refractivity contribution < 1.29 is 9.90 Å². The van der Waals surface area contributed by atoms with E-state index >= 15 is 0 Å². The molecule has 0 aliphatic heterocycles. The Labute approximate surface area is 93.7 Å². The molecule has 0 amide bonds. The lowest BCUT2D eigenvalue weighted by Crippen LogP contribution is -2.32. The highest BCUT2D eigenvalue weighted by Gasteiger charge is 2.17. The second-order valence-corrected chi connectivity index (χ2v) is 4.12. The number of carboxylic acid groups (broad SMARTS) is 1. The number of rotatable bonds is 6. The maximum atomic E-state index is 10.7. The van der Waals surface area contributed by atoms with Crippen molar-refractivity contribution in [1.82, 2.24) is 4.90 Å². The summed E-state index contributed by atoms with van der Waals surface area (Å²) in [5.74, 6) is -0.807. The minimum atomic E-state index is -0.807. The molecule has 1 heterocycles. The number of aliphatic carboxylic acids is 1. The van der Waals surface area contributed by atoms with Crippen LogP contribution in [0.4, 0.5) is 0 Å². The van der Waals surface area contributed by atoms with E-state index in [0.717, 1.165) is 5.56 Å². The Balaban J connectivity index is 2.70. The van der Waals surface area contributed by atoms with Crippen LogP contribution in [-0.4, -0.2) is 29.1 Å². The highest BCUT2D eigenvalue weighted by atomic mass is 32.1. The van der Waals surface area contributed by atoms with Crippen molar-refractivity contribution in [3.05, 3.63) is 35.0 Å². The van der Waals surface area contributed by atoms with Crippen LogP contribution in [0.15, 0.2) is 29.5 Å². The molecular formula is C11H15NO2S. The fourth-order valence-corrected chi connectivity index (χ4v) is 2.17. The summed E-state index contributed by atoms with van der Waals surface area (Å²) in [5.41, 5.74) is 1.16. The average molecular weight is 225 g/mol. The lowest BCUT2D eigenvalue weighted by molar-refractivity contribution is -0.138. The molecule has 3 nitrogen and oxygen atoms in total. The summed E-state index contributed by atoms with van der Waals surface area (Å²) < 4.78 is 0. The largest absolute Gasteiger partial charge is 0.480 e. The van der Waals surface area contributed by atoms with E-state index in [9.17, 15) is 4.79 Å². The molecule has 0 aliphatic carbocycles. The third-order valence-corrected chi connectivity index (χ3v) is 2.98. The normalized spacial score (nSPS) is 12.7. The van der Waals surface area contributed by atoms with Crippen molar-refractivity contribution in [2.75, 3.05) is 13.1 Å². The van der Waals surface area contributed by atoms with E-state index in [1.54, 1.807) is 17.4 Å². The molecule has 82 valence electrons. The molecule has 1 rings (SSSR count). The summed E-state index contributed by atoms with van der Waals surface area (Å²) in [6.45, 7) is 6.28. The standard InChI is InChI=1S/C11H15NO2S/c1-3-5-12(7-11(13)14)9(2)10-4-6-15-8-10/h3-4,6,8-9H,1,5,7H2,2H3,(H,13,14). The number of hydrogen-bond donors (Lipinski definition) is 1. The summed E-state index contributed by atoms with van der Waals surface area (Å²) in [6.07, 6.45) is 1.73. The number of carboxylic acids is 1. The van der Waals surface area contributed by atoms with Crippen LogP contribution in [0, 0.1) is 0 Å². The molecule has 0 fully saturated rings. The Morgan fingerprint density at radius 1 is 1.80 bits per heavy atom. The fraction of sp³-hybridized carbons (Fsp3) is 0.364. The van der Waals surface area contributed by atoms with Crippen LogP contribution in [0.1, 0.15) is 18.5 Å². The van der Waals surface area contributed by atoms with E-state index < -0.39 is 5.97 Å². The molecule has 0 saturated carbocycles. The first-order valence-corrected chi connectivity index (χ1v) is 5.68. The van der Waals surface area contributed by atoms with Crippen molar-refractivity contribution in [3.8, 4) is 0 Å². The highest BCUT2D eigenvalue weighted by molar-refractivity contribution is 7.07. The molecule has 1 atom stereocenters. The zero-order valence-electron chi connectivity index (χ0n) is 8.72. The molecule has 0 aromatic carbocycles. The van der Waals surface area contributed by atoms with Gasteiger partial charge in [-0.3, -0.25) is 9.69 Å². The number of nitrogens with zero attached hydrogens (tertiary/aromatic N) is 1. The summed E-state index contributed by atoms with van der Waals surface area (Å²) >= 11 is 1.62. The molecular weight excluding hydrogens is 210 g/mol. The van der Waals surface area contributed by atoms with E-state index in [2.05, 4.69) is 6.58 Å². The summed E-state index contributed by atoms with van der Waals surface area (Å²) in [4.78, 5) is 12.6. The van der Waals surface area contributed by atoms with Crippen molar-refractivity contribution in [1.29, 1.82) is 0 Å². The molecule has 1 aromatic rings. The van der Waals surface area contributed by atoms with Crippen LogP contribution >= 0.6 is 11.3 Å². The maximum Gasteiger partial charge on any atom is 0.317 e. The predicted octanol–water partition coefficient (Wildman–Crippen LogP) is 2.38. The van der Waals surface area contributed by atoms with Gasteiger partial charge in [-0.25, -0.2) is 0 Å². The van der Waals surface area contributed by atoms with Gasteiger partial charge in [0.2, 0.25) is 0 Å². The van der Waals surface area contributed by atoms with Crippen molar-refractivity contribution >= 4 is 17.3 Å². The minimum Gasteiger partial charge on any atom is -0.480 e. The van der Waals surface area contributed by atoms with Crippen LogP contribution in [-0.2, 0) is 4.79 Å². The van der Waals surface area contributed by atoms with E-state index in [4.69, 9.17) is 5.11 Å². The Hall–Kier alpha value is -1.13. The zero-order valence-corrected chi connectivity index (χ0v) is 9.54. The van der Waals surface area contributed by atoms with E-state index in [-0.39, 0.29) is 12.6 Å². The van der Waals surface area contributed by atoms with Gasteiger partial charge in [-0.05, 0) is 29.3 Å². The third kappa shape index (κ3) is 3.49. The molecule has 1 unspecified atom stereocenters.